The van der Waals surface area contributed by atoms with Crippen LogP contribution in [0.5, 0.6) is 0 Å². The van der Waals surface area contributed by atoms with E-state index < -0.39 is 0 Å². The first-order valence-corrected chi connectivity index (χ1v) is 5.36. The molecule has 0 aliphatic carbocycles. The Morgan fingerprint density at radius 1 is 1.33 bits per heavy atom. The van der Waals surface area contributed by atoms with E-state index in [9.17, 15) is 0 Å². The number of nitrogens with two attached hydrogens (primary N) is 1. The van der Waals surface area contributed by atoms with Gasteiger partial charge in [0, 0.05) is 26.3 Å². The summed E-state index contributed by atoms with van der Waals surface area (Å²) in [4.78, 5) is 0. The first-order valence-electron chi connectivity index (χ1n) is 5.36. The van der Waals surface area contributed by atoms with Gasteiger partial charge in [-0.15, -0.1) is 0 Å². The molecule has 0 fully saturated rings. The van der Waals surface area contributed by atoms with E-state index in [1.807, 2.05) is 19.4 Å². The van der Waals surface area contributed by atoms with Crippen molar-refractivity contribution in [1.82, 2.24) is 9.24 Å². The number of aromatic nitrogens is 2. The van der Waals surface area contributed by atoms with Crippen LogP contribution in [-0.2, 0) is 7.05 Å². The first-order chi connectivity index (χ1) is 7.19. The molecule has 4 nitrogen and oxygen atoms in total. The Bertz CT molecular complexity index is 462. The van der Waals surface area contributed by atoms with Crippen LogP contribution in [0.15, 0.2) is 18.5 Å². The second-order valence-electron chi connectivity index (χ2n) is 3.73. The monoisotopic (exact) mass is 206 g/mol. The molecule has 4 heteroatoms. The van der Waals surface area contributed by atoms with Crippen LogP contribution in [0.2, 0.25) is 0 Å². The van der Waals surface area contributed by atoms with Gasteiger partial charge in [0.05, 0.1) is 22.9 Å². The van der Waals surface area contributed by atoms with E-state index in [2.05, 4.69) is 34.2 Å². The van der Waals surface area contributed by atoms with Crippen molar-refractivity contribution in [1.29, 1.82) is 0 Å². The van der Waals surface area contributed by atoms with Crippen LogP contribution in [0.1, 0.15) is 13.8 Å². The van der Waals surface area contributed by atoms with Gasteiger partial charge < -0.3 is 15.3 Å². The smallest absolute Gasteiger partial charge is 0.0914 e. The number of hydrogen-bond donors (Lipinski definition) is 1. The summed E-state index contributed by atoms with van der Waals surface area (Å²) in [6, 6.07) is 2.10. The number of nitrogen functional groups attached to an aromatic ring is 1. The Balaban J connectivity index is 2.61. The fourth-order valence-corrected chi connectivity index (χ4v) is 2.08. The average Bonchev–Trinajstić information content (AvgIpc) is 2.73. The highest BCUT2D eigenvalue weighted by atomic mass is 15.5. The molecule has 2 N–H and O–H groups in total. The fraction of sp³-hybridized carbons (Fsp3) is 0.455. The van der Waals surface area contributed by atoms with Crippen molar-refractivity contribution in [2.24, 2.45) is 7.05 Å². The second kappa shape index (κ2) is 3.53. The van der Waals surface area contributed by atoms with Crippen LogP contribution in [0.4, 0.5) is 5.69 Å². The molecule has 2 heterocycles. The van der Waals surface area contributed by atoms with Gasteiger partial charge in [-0.3, -0.25) is 4.68 Å². The minimum Gasteiger partial charge on any atom is -0.396 e. The fourth-order valence-electron chi connectivity index (χ4n) is 2.08. The lowest BCUT2D eigenvalue weighted by Gasteiger charge is -2.22. The zero-order valence-corrected chi connectivity index (χ0v) is 9.57. The van der Waals surface area contributed by atoms with Crippen LogP contribution >= 0.6 is 0 Å². The van der Waals surface area contributed by atoms with Gasteiger partial charge in [-0.05, 0) is 19.9 Å². The molecular formula is C11H18N4. The van der Waals surface area contributed by atoms with E-state index in [0.29, 0.717) is 0 Å². The van der Waals surface area contributed by atoms with Gasteiger partial charge in [0.1, 0.15) is 0 Å². The molecule has 0 spiro atoms. The van der Waals surface area contributed by atoms with Gasteiger partial charge in [0.15, 0.2) is 0 Å². The minimum atomic E-state index is 0.837. The van der Waals surface area contributed by atoms with E-state index in [-0.39, 0.29) is 0 Å². The lowest BCUT2D eigenvalue weighted by Crippen LogP contribution is -2.33. The summed E-state index contributed by atoms with van der Waals surface area (Å²) in [5.74, 6) is 0. The molecule has 2 rings (SSSR count). The summed E-state index contributed by atoms with van der Waals surface area (Å²) in [6.07, 6.45) is 4.04. The third-order valence-electron chi connectivity index (χ3n) is 2.87. The molecule has 2 aromatic heterocycles. The lowest BCUT2D eigenvalue weighted by molar-refractivity contribution is 0.640. The highest BCUT2D eigenvalue weighted by molar-refractivity contribution is 5.89. The number of rotatable bonds is 3. The van der Waals surface area contributed by atoms with Gasteiger partial charge in [0.2, 0.25) is 0 Å². The topological polar surface area (TPSA) is 39.1 Å². The quantitative estimate of drug-likeness (QED) is 0.827. The number of nitrogens with zero attached hydrogens (tertiary/aromatic N) is 3. The van der Waals surface area contributed by atoms with E-state index in [0.717, 1.165) is 24.3 Å². The maximum Gasteiger partial charge on any atom is 0.0914 e. The summed E-state index contributed by atoms with van der Waals surface area (Å²) in [7, 11) is 2.02. The SMILES string of the molecule is CCN(CC)n1cc(N)c2c1ccn2C. The Kier molecular flexibility index (Phi) is 2.34. The van der Waals surface area contributed by atoms with E-state index in [4.69, 9.17) is 5.73 Å². The number of fused-ring (bicyclic) bond motifs is 1. The van der Waals surface area contributed by atoms with Crippen LogP contribution in [0.3, 0.4) is 0 Å². The van der Waals surface area contributed by atoms with E-state index in [1.54, 1.807) is 0 Å². The van der Waals surface area contributed by atoms with Gasteiger partial charge in [-0.1, -0.05) is 0 Å². The number of hydrogen-bond acceptors (Lipinski definition) is 2. The molecular weight excluding hydrogens is 188 g/mol. The molecule has 0 atom stereocenters. The predicted molar refractivity (Wildman–Crippen MR) is 64.6 cm³/mol. The summed E-state index contributed by atoms with van der Waals surface area (Å²) < 4.78 is 4.20. The van der Waals surface area contributed by atoms with Crippen molar-refractivity contribution >= 4 is 16.7 Å². The molecule has 0 aliphatic heterocycles. The zero-order chi connectivity index (χ0) is 11.0. The minimum absolute atomic E-state index is 0.837. The Hall–Kier alpha value is -1.58. The first kappa shape index (κ1) is 9.96. The van der Waals surface area contributed by atoms with Gasteiger partial charge in [-0.2, -0.15) is 0 Å². The normalized spacial score (nSPS) is 11.1. The molecule has 0 amide bonds. The Morgan fingerprint density at radius 2 is 2.00 bits per heavy atom. The second-order valence-corrected chi connectivity index (χ2v) is 3.73. The molecule has 82 valence electrons. The molecule has 0 aliphatic rings. The van der Waals surface area contributed by atoms with Crippen LogP contribution in [-0.4, -0.2) is 22.3 Å². The summed E-state index contributed by atoms with van der Waals surface area (Å²) in [5.41, 5.74) is 9.13. The van der Waals surface area contributed by atoms with Gasteiger partial charge in [-0.25, -0.2) is 0 Å². The van der Waals surface area contributed by atoms with Crippen molar-refractivity contribution in [3.63, 3.8) is 0 Å². The van der Waals surface area contributed by atoms with Crippen molar-refractivity contribution in [2.45, 2.75) is 13.8 Å². The number of aryl methyl sites for hydroxylation is 1. The molecule has 0 saturated heterocycles. The van der Waals surface area contributed by atoms with E-state index >= 15 is 0 Å². The predicted octanol–water partition coefficient (Wildman–Crippen LogP) is 1.54. The van der Waals surface area contributed by atoms with Crippen molar-refractivity contribution < 1.29 is 0 Å². The standard InChI is InChI=1S/C11H18N4/c1-4-14(5-2)15-8-9(12)11-10(15)6-7-13(11)3/h6-8H,4-5,12H2,1-3H3. The summed E-state index contributed by atoms with van der Waals surface area (Å²) in [5, 5.41) is 2.25. The molecule has 0 radical (unpaired) electrons. The molecule has 0 aromatic carbocycles. The highest BCUT2D eigenvalue weighted by Gasteiger charge is 2.11. The van der Waals surface area contributed by atoms with Crippen LogP contribution in [0, 0.1) is 0 Å². The summed E-state index contributed by atoms with van der Waals surface area (Å²) in [6.45, 7) is 6.26. The van der Waals surface area contributed by atoms with E-state index in [1.165, 1.54) is 5.52 Å². The third-order valence-corrected chi connectivity index (χ3v) is 2.87. The van der Waals surface area contributed by atoms with Crippen molar-refractivity contribution in [2.75, 3.05) is 23.8 Å². The Morgan fingerprint density at radius 3 is 2.60 bits per heavy atom. The molecule has 0 bridgehead atoms. The Labute approximate surface area is 89.8 Å². The maximum absolute atomic E-state index is 6.00. The molecule has 0 unspecified atom stereocenters. The lowest BCUT2D eigenvalue weighted by atomic mass is 10.4. The highest BCUT2D eigenvalue weighted by Crippen LogP contribution is 2.23. The number of anilines is 1. The van der Waals surface area contributed by atoms with Crippen LogP contribution < -0.4 is 10.7 Å². The molecule has 15 heavy (non-hydrogen) atoms. The zero-order valence-electron chi connectivity index (χ0n) is 9.57. The van der Waals surface area contributed by atoms with Gasteiger partial charge in [0.25, 0.3) is 0 Å². The largest absolute Gasteiger partial charge is 0.396 e. The maximum atomic E-state index is 6.00. The van der Waals surface area contributed by atoms with Crippen molar-refractivity contribution in [3.05, 3.63) is 18.5 Å². The third kappa shape index (κ3) is 1.37. The molecule has 2 aromatic rings. The van der Waals surface area contributed by atoms with Crippen molar-refractivity contribution in [3.8, 4) is 0 Å². The summed E-state index contributed by atoms with van der Waals surface area (Å²) >= 11 is 0. The average molecular weight is 206 g/mol. The van der Waals surface area contributed by atoms with Gasteiger partial charge >= 0.3 is 0 Å². The van der Waals surface area contributed by atoms with Crippen LogP contribution in [0.25, 0.3) is 11.0 Å². The molecule has 0 saturated carbocycles.